The van der Waals surface area contributed by atoms with Crippen LogP contribution < -0.4 is 4.90 Å². The maximum Gasteiger partial charge on any atom is 0.335 e. The summed E-state index contributed by atoms with van der Waals surface area (Å²) in [5, 5.41) is 9.03. The molecule has 1 aromatic carbocycles. The van der Waals surface area contributed by atoms with Gasteiger partial charge in [-0.3, -0.25) is 4.79 Å². The van der Waals surface area contributed by atoms with E-state index in [2.05, 4.69) is 15.9 Å². The molecule has 20 heavy (non-hydrogen) atoms. The second-order valence-electron chi connectivity index (χ2n) is 4.46. The molecule has 0 fully saturated rings. The van der Waals surface area contributed by atoms with Crippen molar-refractivity contribution in [2.45, 2.75) is 6.42 Å². The van der Waals surface area contributed by atoms with Gasteiger partial charge in [-0.25, -0.2) is 4.79 Å². The zero-order valence-electron chi connectivity index (χ0n) is 10.3. The lowest BCUT2D eigenvalue weighted by atomic mass is 10.1. The van der Waals surface area contributed by atoms with Crippen molar-refractivity contribution in [2.24, 2.45) is 0 Å². The average Bonchev–Trinajstić information content (AvgIpc) is 3.03. The highest BCUT2D eigenvalue weighted by molar-refractivity contribution is 9.10. The van der Waals surface area contributed by atoms with Gasteiger partial charge in [0.05, 0.1) is 5.56 Å². The van der Waals surface area contributed by atoms with E-state index in [4.69, 9.17) is 9.52 Å². The summed E-state index contributed by atoms with van der Waals surface area (Å²) in [7, 11) is 0. The summed E-state index contributed by atoms with van der Waals surface area (Å²) in [5.41, 5.74) is 1.78. The topological polar surface area (TPSA) is 70.8 Å². The number of nitrogens with zero attached hydrogens (tertiary/aromatic N) is 1. The van der Waals surface area contributed by atoms with Crippen molar-refractivity contribution in [1.29, 1.82) is 0 Å². The van der Waals surface area contributed by atoms with E-state index < -0.39 is 5.97 Å². The molecule has 0 unspecified atom stereocenters. The normalized spacial score (nSPS) is 13.3. The molecule has 5 nitrogen and oxygen atoms in total. The Balaban J connectivity index is 1.97. The maximum absolute atomic E-state index is 12.4. The van der Waals surface area contributed by atoms with E-state index in [1.807, 2.05) is 0 Å². The first-order valence-corrected chi connectivity index (χ1v) is 6.79. The van der Waals surface area contributed by atoms with Crippen LogP contribution >= 0.6 is 15.9 Å². The molecule has 0 spiro atoms. The van der Waals surface area contributed by atoms with E-state index in [0.717, 1.165) is 5.56 Å². The third-order valence-corrected chi connectivity index (χ3v) is 3.68. The van der Waals surface area contributed by atoms with Crippen LogP contribution in [0.15, 0.2) is 39.4 Å². The fourth-order valence-corrected chi connectivity index (χ4v) is 2.59. The van der Waals surface area contributed by atoms with Crippen molar-refractivity contribution in [3.8, 4) is 0 Å². The van der Waals surface area contributed by atoms with E-state index in [0.29, 0.717) is 23.3 Å². The fourth-order valence-electron chi connectivity index (χ4n) is 2.29. The molecule has 102 valence electrons. The number of furan rings is 1. The largest absolute Gasteiger partial charge is 0.478 e. The van der Waals surface area contributed by atoms with Crippen molar-refractivity contribution >= 4 is 33.5 Å². The minimum Gasteiger partial charge on any atom is -0.478 e. The van der Waals surface area contributed by atoms with Crippen LogP contribution in [0.3, 0.4) is 0 Å². The first kappa shape index (κ1) is 12.9. The quantitative estimate of drug-likeness (QED) is 0.915. The Kier molecular flexibility index (Phi) is 3.10. The molecule has 3 rings (SSSR count). The molecule has 1 N–H and O–H groups in total. The van der Waals surface area contributed by atoms with Crippen LogP contribution in [0.4, 0.5) is 5.69 Å². The molecule has 0 radical (unpaired) electrons. The highest BCUT2D eigenvalue weighted by Crippen LogP contribution is 2.31. The smallest absolute Gasteiger partial charge is 0.335 e. The van der Waals surface area contributed by atoms with Gasteiger partial charge in [0.25, 0.3) is 5.91 Å². The Labute approximate surface area is 122 Å². The molecule has 1 aromatic heterocycles. The zero-order valence-corrected chi connectivity index (χ0v) is 11.9. The average molecular weight is 336 g/mol. The van der Waals surface area contributed by atoms with Gasteiger partial charge in [-0.05, 0) is 52.2 Å². The van der Waals surface area contributed by atoms with Gasteiger partial charge in [0.15, 0.2) is 10.4 Å². The van der Waals surface area contributed by atoms with E-state index in [1.54, 1.807) is 29.2 Å². The fraction of sp³-hybridized carbons (Fsp3) is 0.143. The summed E-state index contributed by atoms with van der Waals surface area (Å²) < 4.78 is 5.75. The van der Waals surface area contributed by atoms with Crippen LogP contribution in [-0.2, 0) is 6.42 Å². The third kappa shape index (κ3) is 2.12. The van der Waals surface area contributed by atoms with Crippen LogP contribution in [0, 0.1) is 0 Å². The number of carboxylic acid groups (broad SMARTS) is 1. The Bertz CT molecular complexity index is 707. The number of halogens is 1. The molecule has 6 heteroatoms. The number of aromatic carboxylic acids is 1. The van der Waals surface area contributed by atoms with Gasteiger partial charge >= 0.3 is 5.97 Å². The summed E-state index contributed by atoms with van der Waals surface area (Å²) in [6, 6.07) is 8.08. The second-order valence-corrected chi connectivity index (χ2v) is 5.24. The molecule has 1 amide bonds. The monoisotopic (exact) mass is 335 g/mol. The van der Waals surface area contributed by atoms with Crippen LogP contribution in [0.25, 0.3) is 0 Å². The van der Waals surface area contributed by atoms with Gasteiger partial charge in [0.2, 0.25) is 0 Å². The highest BCUT2D eigenvalue weighted by Gasteiger charge is 2.28. The van der Waals surface area contributed by atoms with Crippen LogP contribution in [0.5, 0.6) is 0 Å². The molecule has 2 aromatic rings. The minimum absolute atomic E-state index is 0.170. The van der Waals surface area contributed by atoms with Crippen molar-refractivity contribution in [3.05, 3.63) is 51.9 Å². The molecule has 0 bridgehead atoms. The number of hydrogen-bond donors (Lipinski definition) is 1. The molecule has 2 heterocycles. The predicted molar refractivity (Wildman–Crippen MR) is 75.2 cm³/mol. The summed E-state index contributed by atoms with van der Waals surface area (Å²) in [6.45, 7) is 0.523. The van der Waals surface area contributed by atoms with Gasteiger partial charge in [0, 0.05) is 12.2 Å². The van der Waals surface area contributed by atoms with E-state index >= 15 is 0 Å². The lowest BCUT2D eigenvalue weighted by Crippen LogP contribution is -2.28. The van der Waals surface area contributed by atoms with Crippen LogP contribution in [0.2, 0.25) is 0 Å². The lowest BCUT2D eigenvalue weighted by molar-refractivity contribution is 0.0696. The van der Waals surface area contributed by atoms with Crippen molar-refractivity contribution in [3.63, 3.8) is 0 Å². The molecule has 1 aliphatic heterocycles. The molecular weight excluding hydrogens is 326 g/mol. The number of benzene rings is 1. The van der Waals surface area contributed by atoms with Crippen molar-refractivity contribution < 1.29 is 19.1 Å². The molecule has 0 saturated carbocycles. The number of fused-ring (bicyclic) bond motifs is 1. The first-order chi connectivity index (χ1) is 9.56. The van der Waals surface area contributed by atoms with Crippen LogP contribution in [-0.4, -0.2) is 23.5 Å². The number of rotatable bonds is 2. The second kappa shape index (κ2) is 4.79. The van der Waals surface area contributed by atoms with Crippen LogP contribution in [0.1, 0.15) is 26.5 Å². The van der Waals surface area contributed by atoms with E-state index in [9.17, 15) is 9.59 Å². The molecule has 0 aliphatic carbocycles. The first-order valence-electron chi connectivity index (χ1n) is 5.99. The van der Waals surface area contributed by atoms with Gasteiger partial charge in [-0.2, -0.15) is 0 Å². The lowest BCUT2D eigenvalue weighted by Gasteiger charge is -2.16. The molecule has 0 atom stereocenters. The van der Waals surface area contributed by atoms with E-state index in [1.165, 1.54) is 6.07 Å². The number of hydrogen-bond acceptors (Lipinski definition) is 3. The van der Waals surface area contributed by atoms with Gasteiger partial charge < -0.3 is 14.4 Å². The summed E-state index contributed by atoms with van der Waals surface area (Å²) in [6.07, 6.45) is 0.711. The zero-order chi connectivity index (χ0) is 14.3. The van der Waals surface area contributed by atoms with E-state index in [-0.39, 0.29) is 17.2 Å². The minimum atomic E-state index is -1.01. The summed E-state index contributed by atoms with van der Waals surface area (Å²) in [4.78, 5) is 24.9. The van der Waals surface area contributed by atoms with Gasteiger partial charge in [-0.1, -0.05) is 6.07 Å². The number of carbonyl (C=O) groups excluding carboxylic acids is 1. The van der Waals surface area contributed by atoms with Crippen molar-refractivity contribution in [1.82, 2.24) is 0 Å². The van der Waals surface area contributed by atoms with Crippen molar-refractivity contribution in [2.75, 3.05) is 11.4 Å². The third-order valence-electron chi connectivity index (χ3n) is 3.26. The molecular formula is C14H10BrNO4. The predicted octanol–water partition coefficient (Wildman–Crippen LogP) is 2.94. The number of amides is 1. The Morgan fingerprint density at radius 2 is 2.05 bits per heavy atom. The number of carboxylic acids is 1. The Morgan fingerprint density at radius 3 is 2.70 bits per heavy atom. The number of anilines is 1. The Morgan fingerprint density at radius 1 is 1.25 bits per heavy atom. The summed E-state index contributed by atoms with van der Waals surface area (Å²) >= 11 is 3.16. The van der Waals surface area contributed by atoms with Gasteiger partial charge in [0.1, 0.15) is 0 Å². The molecule has 0 saturated heterocycles. The van der Waals surface area contributed by atoms with Gasteiger partial charge in [-0.15, -0.1) is 0 Å². The number of carbonyl (C=O) groups is 2. The highest BCUT2D eigenvalue weighted by atomic mass is 79.9. The Hall–Kier alpha value is -2.08. The standard InChI is InChI=1S/C14H10BrNO4/c15-12-4-3-11(20-12)13(17)16-6-5-8-1-2-9(14(18)19)7-10(8)16/h1-4,7H,5-6H2,(H,18,19). The maximum atomic E-state index is 12.4. The summed E-state index contributed by atoms with van der Waals surface area (Å²) in [5.74, 6) is -1.05. The molecule has 1 aliphatic rings. The SMILES string of the molecule is O=C(O)c1ccc2c(c1)N(C(=O)c1ccc(Br)o1)CC2.